The summed E-state index contributed by atoms with van der Waals surface area (Å²) in [5.41, 5.74) is 7.20. The summed E-state index contributed by atoms with van der Waals surface area (Å²) in [5, 5.41) is 3.95. The van der Waals surface area contributed by atoms with E-state index < -0.39 is 7.92 Å². The van der Waals surface area contributed by atoms with Crippen LogP contribution in [-0.2, 0) is 0 Å². The molecular formula is C31H48P2. The monoisotopic (exact) mass is 482 g/mol. The molecule has 0 aliphatic heterocycles. The van der Waals surface area contributed by atoms with E-state index in [0.717, 1.165) is 11.6 Å². The maximum absolute atomic E-state index is 2.61. The van der Waals surface area contributed by atoms with Crippen LogP contribution in [0.2, 0.25) is 0 Å². The van der Waals surface area contributed by atoms with Gasteiger partial charge in [-0.1, -0.05) is 121 Å². The van der Waals surface area contributed by atoms with E-state index in [0.29, 0.717) is 16.0 Å². The molecule has 182 valence electrons. The van der Waals surface area contributed by atoms with Gasteiger partial charge >= 0.3 is 0 Å². The predicted octanol–water partition coefficient (Wildman–Crippen LogP) is 8.99. The van der Waals surface area contributed by atoms with Crippen LogP contribution in [0.5, 0.6) is 0 Å². The van der Waals surface area contributed by atoms with Crippen molar-refractivity contribution in [2.45, 2.75) is 117 Å². The van der Waals surface area contributed by atoms with Crippen LogP contribution >= 0.6 is 15.8 Å². The molecule has 2 aromatic carbocycles. The number of benzene rings is 2. The molecule has 0 amide bonds. The fraction of sp³-hybridized carbons (Fsp3) is 0.613. The highest BCUT2D eigenvalue weighted by Crippen LogP contribution is 2.68. The van der Waals surface area contributed by atoms with Crippen molar-refractivity contribution in [3.63, 3.8) is 0 Å². The zero-order chi connectivity index (χ0) is 24.7. The second kappa shape index (κ2) is 10.1. The van der Waals surface area contributed by atoms with Gasteiger partial charge in [0.15, 0.2) is 0 Å². The highest BCUT2D eigenvalue weighted by molar-refractivity contribution is 7.73. The molecule has 2 unspecified atom stereocenters. The first kappa shape index (κ1) is 26.9. The van der Waals surface area contributed by atoms with E-state index in [-0.39, 0.29) is 7.92 Å². The molecule has 0 aromatic heterocycles. The smallest absolute Gasteiger partial charge is 0.0123 e. The average Bonchev–Trinajstić information content (AvgIpc) is 3.06. The van der Waals surface area contributed by atoms with Gasteiger partial charge in [-0.3, -0.25) is 0 Å². The lowest BCUT2D eigenvalue weighted by Gasteiger charge is -2.49. The van der Waals surface area contributed by atoms with Gasteiger partial charge in [0.1, 0.15) is 0 Å². The minimum Gasteiger partial charge on any atom is -0.0921 e. The van der Waals surface area contributed by atoms with Gasteiger partial charge in [-0.15, -0.1) is 0 Å². The number of aryl methyl sites for hydroxylation is 4. The Hall–Kier alpha value is -0.700. The summed E-state index contributed by atoms with van der Waals surface area (Å²) in [7, 11) is -0.493. The van der Waals surface area contributed by atoms with Gasteiger partial charge in [-0.05, 0) is 86.6 Å². The van der Waals surface area contributed by atoms with Gasteiger partial charge in [0.05, 0.1) is 0 Å². The molecule has 2 heteroatoms. The molecule has 0 radical (unpaired) electrons. The molecule has 0 nitrogen and oxygen atoms in total. The van der Waals surface area contributed by atoms with E-state index in [1.54, 1.807) is 10.6 Å². The molecule has 3 rings (SSSR count). The Labute approximate surface area is 207 Å². The van der Waals surface area contributed by atoms with E-state index in [4.69, 9.17) is 0 Å². The summed E-state index contributed by atoms with van der Waals surface area (Å²) in [6.07, 6.45) is 4.25. The minimum absolute atomic E-state index is 0.0927. The van der Waals surface area contributed by atoms with Crippen molar-refractivity contribution in [3.8, 4) is 0 Å². The van der Waals surface area contributed by atoms with Crippen molar-refractivity contribution in [1.29, 1.82) is 0 Å². The average molecular weight is 483 g/mol. The molecule has 1 aliphatic carbocycles. The standard InChI is InChI=1S/C31H48P2/c1-21-15-22(2)18-26(17-21)32(27-19-23(3)16-24(4)20-27)25(5)28-13-12-14-29(28)33(30(6,7)8)31(9,10)11/h15-20,25,28-29H,12-14H2,1-11H3/t25?,28?,29-/m0/s1. The Morgan fingerprint density at radius 2 is 1.06 bits per heavy atom. The second-order valence-corrected chi connectivity index (χ2v) is 19.4. The molecule has 0 spiro atoms. The fourth-order valence-corrected chi connectivity index (χ4v) is 15.6. The van der Waals surface area contributed by atoms with Crippen LogP contribution in [0.3, 0.4) is 0 Å². The van der Waals surface area contributed by atoms with Crippen LogP contribution in [0.4, 0.5) is 0 Å². The summed E-state index contributed by atoms with van der Waals surface area (Å²) < 4.78 is 0. The zero-order valence-corrected chi connectivity index (χ0v) is 25.0. The van der Waals surface area contributed by atoms with Crippen molar-refractivity contribution in [2.75, 3.05) is 0 Å². The summed E-state index contributed by atoms with van der Waals surface area (Å²) in [6, 6.07) is 14.6. The lowest BCUT2D eigenvalue weighted by molar-refractivity contribution is 0.531. The maximum Gasteiger partial charge on any atom is -0.0123 e. The van der Waals surface area contributed by atoms with Crippen molar-refractivity contribution in [1.82, 2.24) is 0 Å². The summed E-state index contributed by atoms with van der Waals surface area (Å²) in [4.78, 5) is 0. The molecule has 3 atom stereocenters. The molecule has 0 heterocycles. The first-order chi connectivity index (χ1) is 15.2. The fourth-order valence-electron chi connectivity index (χ4n) is 6.84. The molecule has 0 N–H and O–H groups in total. The summed E-state index contributed by atoms with van der Waals surface area (Å²) >= 11 is 0. The Balaban J connectivity index is 2.11. The second-order valence-electron chi connectivity index (χ2n) is 12.7. The van der Waals surface area contributed by atoms with E-state index in [1.165, 1.54) is 41.5 Å². The normalized spacial score (nSPS) is 20.6. The highest BCUT2D eigenvalue weighted by Gasteiger charge is 2.47. The van der Waals surface area contributed by atoms with Crippen molar-refractivity contribution < 1.29 is 0 Å². The third-order valence-electron chi connectivity index (χ3n) is 7.30. The highest BCUT2D eigenvalue weighted by atomic mass is 31.1. The van der Waals surface area contributed by atoms with E-state index in [2.05, 4.69) is 113 Å². The molecule has 1 aliphatic rings. The number of hydrogen-bond acceptors (Lipinski definition) is 0. The van der Waals surface area contributed by atoms with Crippen molar-refractivity contribution >= 4 is 26.5 Å². The van der Waals surface area contributed by atoms with Crippen LogP contribution in [-0.4, -0.2) is 21.6 Å². The van der Waals surface area contributed by atoms with Crippen LogP contribution in [0.1, 0.15) is 90.0 Å². The Bertz CT molecular complexity index is 854. The van der Waals surface area contributed by atoms with Crippen LogP contribution in [0.15, 0.2) is 36.4 Å². The SMILES string of the molecule is Cc1cc(C)cc(P(c2cc(C)cc(C)c2)C(C)C2CCC[C@@H]2P(C(C)(C)C)C(C)(C)C)c1. The molecule has 1 saturated carbocycles. The van der Waals surface area contributed by atoms with Gasteiger partial charge in [0, 0.05) is 0 Å². The van der Waals surface area contributed by atoms with Crippen LogP contribution in [0, 0.1) is 33.6 Å². The van der Waals surface area contributed by atoms with Gasteiger partial charge < -0.3 is 0 Å². The quantitative estimate of drug-likeness (QED) is 0.373. The number of hydrogen-bond donors (Lipinski definition) is 0. The minimum atomic E-state index is -0.401. The summed E-state index contributed by atoms with van der Waals surface area (Å²) in [6.45, 7) is 26.8. The van der Waals surface area contributed by atoms with E-state index >= 15 is 0 Å². The van der Waals surface area contributed by atoms with Gasteiger partial charge in [0.2, 0.25) is 0 Å². The zero-order valence-electron chi connectivity index (χ0n) is 23.2. The number of rotatable bonds is 5. The van der Waals surface area contributed by atoms with Gasteiger partial charge in [-0.2, -0.15) is 0 Å². The van der Waals surface area contributed by atoms with Crippen LogP contribution < -0.4 is 10.6 Å². The van der Waals surface area contributed by atoms with Gasteiger partial charge in [0.25, 0.3) is 0 Å². The molecule has 1 fully saturated rings. The topological polar surface area (TPSA) is 0 Å². The Morgan fingerprint density at radius 3 is 1.42 bits per heavy atom. The van der Waals surface area contributed by atoms with E-state index in [9.17, 15) is 0 Å². The lowest BCUT2D eigenvalue weighted by atomic mass is 10.0. The first-order valence-corrected chi connectivity index (χ1v) is 15.8. The third kappa shape index (κ3) is 6.30. The Morgan fingerprint density at radius 1 is 0.667 bits per heavy atom. The summed E-state index contributed by atoms with van der Waals surface area (Å²) in [5.74, 6) is 0.822. The van der Waals surface area contributed by atoms with Gasteiger partial charge in [-0.25, -0.2) is 0 Å². The van der Waals surface area contributed by atoms with Crippen LogP contribution in [0.25, 0.3) is 0 Å². The predicted molar refractivity (Wildman–Crippen MR) is 155 cm³/mol. The molecule has 2 aromatic rings. The molecule has 0 saturated heterocycles. The lowest BCUT2D eigenvalue weighted by Crippen LogP contribution is -2.37. The maximum atomic E-state index is 2.61. The Kier molecular flexibility index (Phi) is 8.24. The first-order valence-electron chi connectivity index (χ1n) is 12.9. The van der Waals surface area contributed by atoms with Crippen molar-refractivity contribution in [2.24, 2.45) is 5.92 Å². The van der Waals surface area contributed by atoms with E-state index in [1.807, 2.05) is 0 Å². The van der Waals surface area contributed by atoms with Crippen molar-refractivity contribution in [3.05, 3.63) is 58.7 Å². The largest absolute Gasteiger partial charge is 0.0921 e. The third-order valence-corrected chi connectivity index (χ3v) is 14.3. The molecular weight excluding hydrogens is 434 g/mol. The molecule has 0 bridgehead atoms. The molecule has 33 heavy (non-hydrogen) atoms.